The second kappa shape index (κ2) is 6.96. The maximum Gasteiger partial charge on any atom is 0.246 e. The summed E-state index contributed by atoms with van der Waals surface area (Å²) in [5, 5.41) is 6.90. The Morgan fingerprint density at radius 3 is 2.93 bits per heavy atom. The van der Waals surface area contributed by atoms with Crippen molar-refractivity contribution >= 4 is 38.6 Å². The van der Waals surface area contributed by atoms with Crippen LogP contribution < -0.4 is 5.32 Å². The monoisotopic (exact) mass is 428 g/mol. The summed E-state index contributed by atoms with van der Waals surface area (Å²) in [6.07, 6.45) is 3.49. The van der Waals surface area contributed by atoms with Crippen LogP contribution in [0.4, 0.5) is 10.1 Å². The first-order chi connectivity index (χ1) is 13.0. The maximum absolute atomic E-state index is 13.5. The van der Waals surface area contributed by atoms with Gasteiger partial charge >= 0.3 is 0 Å². The highest BCUT2D eigenvalue weighted by Gasteiger charge is 2.13. The fourth-order valence-electron chi connectivity index (χ4n) is 2.68. The normalized spacial score (nSPS) is 11.1. The molecule has 6 nitrogen and oxygen atoms in total. The minimum atomic E-state index is -0.378. The molecule has 0 atom stereocenters. The molecule has 2 aromatic carbocycles. The largest absolute Gasteiger partial charge is 0.436 e. The molecule has 4 rings (SSSR count). The molecule has 0 unspecified atom stereocenters. The van der Waals surface area contributed by atoms with E-state index in [4.69, 9.17) is 4.42 Å². The molecular formula is C19H14BrFN4O2. The molecule has 4 aromatic rings. The number of anilines is 1. The number of carbonyl (C=O) groups excluding carboxylic acids is 1. The van der Waals surface area contributed by atoms with Crippen molar-refractivity contribution < 1.29 is 13.6 Å². The summed E-state index contributed by atoms with van der Waals surface area (Å²) in [7, 11) is 0. The number of aromatic nitrogens is 3. The van der Waals surface area contributed by atoms with Crippen LogP contribution in [-0.2, 0) is 11.3 Å². The molecule has 0 aliphatic heterocycles. The van der Waals surface area contributed by atoms with Gasteiger partial charge in [0, 0.05) is 16.4 Å². The van der Waals surface area contributed by atoms with Crippen molar-refractivity contribution in [1.82, 2.24) is 14.8 Å². The van der Waals surface area contributed by atoms with Crippen LogP contribution in [0.15, 0.2) is 57.7 Å². The van der Waals surface area contributed by atoms with Gasteiger partial charge in [0.15, 0.2) is 5.58 Å². The van der Waals surface area contributed by atoms with E-state index in [1.165, 1.54) is 12.1 Å². The fourth-order valence-corrected chi connectivity index (χ4v) is 3.10. The van der Waals surface area contributed by atoms with E-state index in [0.717, 1.165) is 5.56 Å². The zero-order valence-corrected chi connectivity index (χ0v) is 15.8. The summed E-state index contributed by atoms with van der Waals surface area (Å²) < 4.78 is 21.5. The zero-order valence-electron chi connectivity index (χ0n) is 14.2. The van der Waals surface area contributed by atoms with Crippen LogP contribution in [-0.4, -0.2) is 20.7 Å². The quantitative estimate of drug-likeness (QED) is 0.517. The minimum Gasteiger partial charge on any atom is -0.436 e. The number of hydrogen-bond acceptors (Lipinski definition) is 4. The van der Waals surface area contributed by atoms with Gasteiger partial charge in [0.2, 0.25) is 11.8 Å². The van der Waals surface area contributed by atoms with Gasteiger partial charge in [-0.3, -0.25) is 9.48 Å². The van der Waals surface area contributed by atoms with Gasteiger partial charge in [-0.15, -0.1) is 0 Å². The highest BCUT2D eigenvalue weighted by atomic mass is 79.9. The van der Waals surface area contributed by atoms with Crippen molar-refractivity contribution in [2.75, 3.05) is 5.32 Å². The number of amides is 1. The van der Waals surface area contributed by atoms with E-state index in [9.17, 15) is 9.18 Å². The lowest BCUT2D eigenvalue weighted by molar-refractivity contribution is -0.116. The van der Waals surface area contributed by atoms with E-state index in [-0.39, 0.29) is 18.3 Å². The Bertz CT molecular complexity index is 1150. The molecule has 27 heavy (non-hydrogen) atoms. The van der Waals surface area contributed by atoms with E-state index in [0.29, 0.717) is 32.7 Å². The summed E-state index contributed by atoms with van der Waals surface area (Å²) in [6.45, 7) is 2.03. The smallest absolute Gasteiger partial charge is 0.246 e. The first kappa shape index (κ1) is 17.4. The molecule has 0 bridgehead atoms. The van der Waals surface area contributed by atoms with E-state index >= 15 is 0 Å². The number of aryl methyl sites for hydroxylation is 1. The Kier molecular flexibility index (Phi) is 4.49. The minimum absolute atomic E-state index is 0.117. The zero-order chi connectivity index (χ0) is 19.0. The van der Waals surface area contributed by atoms with Gasteiger partial charge < -0.3 is 9.73 Å². The number of nitrogens with one attached hydrogen (secondary N) is 1. The Morgan fingerprint density at radius 1 is 1.30 bits per heavy atom. The topological polar surface area (TPSA) is 73.0 Å². The molecule has 0 fully saturated rings. The number of fused-ring (bicyclic) bond motifs is 1. The maximum atomic E-state index is 13.5. The standard InChI is InChI=1S/C19H14BrFN4O2/c1-11-8-22-25(9-11)10-18(26)23-13-3-5-17-16(7-13)24-19(27-17)14-6-12(21)2-4-15(14)20/h2-9H,10H2,1H3,(H,23,26). The number of rotatable bonds is 4. The molecule has 0 radical (unpaired) electrons. The van der Waals surface area contributed by atoms with Gasteiger partial charge in [0.05, 0.1) is 11.8 Å². The van der Waals surface area contributed by atoms with Crippen molar-refractivity contribution in [1.29, 1.82) is 0 Å². The predicted octanol–water partition coefficient (Wildman–Crippen LogP) is 4.54. The Balaban J connectivity index is 1.57. The number of carbonyl (C=O) groups is 1. The molecule has 136 valence electrons. The van der Waals surface area contributed by atoms with Crippen LogP contribution in [0.2, 0.25) is 0 Å². The van der Waals surface area contributed by atoms with E-state index in [1.54, 1.807) is 41.3 Å². The van der Waals surface area contributed by atoms with Crippen LogP contribution in [0.5, 0.6) is 0 Å². The second-order valence-electron chi connectivity index (χ2n) is 6.09. The molecule has 0 aliphatic rings. The third-order valence-electron chi connectivity index (χ3n) is 3.90. The number of hydrogen-bond donors (Lipinski definition) is 1. The van der Waals surface area contributed by atoms with E-state index in [1.807, 2.05) is 6.92 Å². The van der Waals surface area contributed by atoms with Crippen molar-refractivity contribution in [2.45, 2.75) is 13.5 Å². The van der Waals surface area contributed by atoms with Crippen molar-refractivity contribution in [2.24, 2.45) is 0 Å². The highest BCUT2D eigenvalue weighted by Crippen LogP contribution is 2.31. The highest BCUT2D eigenvalue weighted by molar-refractivity contribution is 9.10. The molecule has 1 amide bonds. The third kappa shape index (κ3) is 3.75. The second-order valence-corrected chi connectivity index (χ2v) is 6.94. The Labute approximate surface area is 162 Å². The van der Waals surface area contributed by atoms with Crippen molar-refractivity contribution in [3.8, 4) is 11.5 Å². The lowest BCUT2D eigenvalue weighted by atomic mass is 10.2. The van der Waals surface area contributed by atoms with Gasteiger partial charge in [-0.25, -0.2) is 9.37 Å². The van der Waals surface area contributed by atoms with Crippen molar-refractivity contribution in [3.05, 3.63) is 64.6 Å². The molecule has 0 spiro atoms. The summed E-state index contributed by atoms with van der Waals surface area (Å²) in [6, 6.07) is 9.45. The van der Waals surface area contributed by atoms with Gasteiger partial charge in [-0.2, -0.15) is 5.10 Å². The van der Waals surface area contributed by atoms with Gasteiger partial charge in [-0.1, -0.05) is 0 Å². The molecule has 0 saturated heterocycles. The predicted molar refractivity (Wildman–Crippen MR) is 103 cm³/mol. The summed E-state index contributed by atoms with van der Waals surface area (Å²) in [5.41, 5.74) is 3.21. The number of oxazole rings is 1. The molecule has 2 heterocycles. The SMILES string of the molecule is Cc1cnn(CC(=O)Nc2ccc3oc(-c4cc(F)ccc4Br)nc3c2)c1. The summed E-state index contributed by atoms with van der Waals surface area (Å²) in [4.78, 5) is 16.6. The molecule has 0 aliphatic carbocycles. The van der Waals surface area contributed by atoms with E-state index < -0.39 is 0 Å². The molecule has 8 heteroatoms. The van der Waals surface area contributed by atoms with Gasteiger partial charge in [0.1, 0.15) is 17.9 Å². The van der Waals surface area contributed by atoms with Crippen LogP contribution in [0.1, 0.15) is 5.56 Å². The van der Waals surface area contributed by atoms with Gasteiger partial charge in [0.25, 0.3) is 0 Å². The fraction of sp³-hybridized carbons (Fsp3) is 0.105. The summed E-state index contributed by atoms with van der Waals surface area (Å²) >= 11 is 3.37. The Hall–Kier alpha value is -3.00. The number of nitrogens with zero attached hydrogens (tertiary/aromatic N) is 3. The lowest BCUT2D eigenvalue weighted by Crippen LogP contribution is -2.18. The number of halogens is 2. The molecular weight excluding hydrogens is 415 g/mol. The first-order valence-corrected chi connectivity index (χ1v) is 8.92. The average Bonchev–Trinajstić information content (AvgIpc) is 3.22. The summed E-state index contributed by atoms with van der Waals surface area (Å²) in [5.74, 6) is -0.279. The Morgan fingerprint density at radius 2 is 2.15 bits per heavy atom. The van der Waals surface area contributed by atoms with E-state index in [2.05, 4.69) is 31.3 Å². The van der Waals surface area contributed by atoms with Crippen LogP contribution in [0.25, 0.3) is 22.6 Å². The van der Waals surface area contributed by atoms with Crippen LogP contribution in [0.3, 0.4) is 0 Å². The lowest BCUT2D eigenvalue weighted by Gasteiger charge is -2.04. The molecule has 1 N–H and O–H groups in total. The third-order valence-corrected chi connectivity index (χ3v) is 4.59. The van der Waals surface area contributed by atoms with Gasteiger partial charge in [-0.05, 0) is 64.8 Å². The molecule has 0 saturated carbocycles. The van der Waals surface area contributed by atoms with Crippen LogP contribution in [0, 0.1) is 12.7 Å². The average molecular weight is 429 g/mol. The number of benzene rings is 2. The van der Waals surface area contributed by atoms with Crippen LogP contribution >= 0.6 is 15.9 Å². The first-order valence-electron chi connectivity index (χ1n) is 8.13. The molecule has 2 aromatic heterocycles. The van der Waals surface area contributed by atoms with Crippen molar-refractivity contribution in [3.63, 3.8) is 0 Å².